The third kappa shape index (κ3) is 3.17. The number of aryl methyl sites for hydroxylation is 1. The first-order valence-electron chi connectivity index (χ1n) is 8.82. The van der Waals surface area contributed by atoms with Crippen molar-refractivity contribution in [3.05, 3.63) is 47.4 Å². The van der Waals surface area contributed by atoms with Crippen molar-refractivity contribution in [1.29, 1.82) is 0 Å². The maximum atomic E-state index is 12.9. The molecule has 6 nitrogen and oxygen atoms in total. The minimum atomic E-state index is -3.63. The second kappa shape index (κ2) is 6.25. The molecule has 138 valence electrons. The van der Waals surface area contributed by atoms with E-state index in [-0.39, 0.29) is 17.3 Å². The molecule has 2 heterocycles. The molecule has 1 aliphatic carbocycles. The van der Waals surface area contributed by atoms with Crippen LogP contribution in [0, 0.1) is 5.92 Å². The van der Waals surface area contributed by atoms with Crippen LogP contribution in [-0.2, 0) is 27.8 Å². The van der Waals surface area contributed by atoms with Gasteiger partial charge in [0, 0.05) is 25.1 Å². The van der Waals surface area contributed by atoms with E-state index in [0.29, 0.717) is 36.1 Å². The second-order valence-electron chi connectivity index (χ2n) is 7.25. The number of sulfonamides is 1. The number of nitrogens with one attached hydrogen (secondary N) is 1. The molecule has 7 heteroatoms. The Balaban J connectivity index is 1.52. The van der Waals surface area contributed by atoms with Gasteiger partial charge in [0.1, 0.15) is 11.5 Å². The topological polar surface area (TPSA) is 79.6 Å². The number of hydrogen-bond acceptors (Lipinski definition) is 4. The zero-order chi connectivity index (χ0) is 18.5. The van der Waals surface area contributed by atoms with Crippen LogP contribution in [0.4, 0.5) is 5.69 Å². The van der Waals surface area contributed by atoms with E-state index in [1.54, 1.807) is 19.2 Å². The van der Waals surface area contributed by atoms with Crippen LogP contribution in [0.3, 0.4) is 0 Å². The Labute approximate surface area is 153 Å². The van der Waals surface area contributed by atoms with Crippen molar-refractivity contribution in [2.24, 2.45) is 5.92 Å². The standard InChI is InChI=1S/C19H22N2O4S/c1-12-9-16(12)18-7-4-14(25-18)11-21(2)26(23,24)15-5-6-17-13(10-15)3-8-19(22)20-17/h4-7,10,12,16H,3,8-9,11H2,1-2H3,(H,20,22)/t12-,16+/m0/s1. The van der Waals surface area contributed by atoms with Gasteiger partial charge in [-0.1, -0.05) is 6.92 Å². The van der Waals surface area contributed by atoms with Gasteiger partial charge in [-0.05, 0) is 54.7 Å². The lowest BCUT2D eigenvalue weighted by atomic mass is 10.0. The van der Waals surface area contributed by atoms with Crippen molar-refractivity contribution in [2.45, 2.75) is 43.5 Å². The first-order chi connectivity index (χ1) is 12.3. The van der Waals surface area contributed by atoms with E-state index in [9.17, 15) is 13.2 Å². The van der Waals surface area contributed by atoms with Gasteiger partial charge in [-0.15, -0.1) is 0 Å². The van der Waals surface area contributed by atoms with E-state index in [1.807, 2.05) is 12.1 Å². The summed E-state index contributed by atoms with van der Waals surface area (Å²) in [7, 11) is -2.08. The maximum Gasteiger partial charge on any atom is 0.243 e. The Kier molecular flexibility index (Phi) is 4.16. The minimum Gasteiger partial charge on any atom is -0.464 e. The number of carbonyl (C=O) groups is 1. The smallest absolute Gasteiger partial charge is 0.243 e. The Hall–Kier alpha value is -2.12. The molecule has 1 N–H and O–H groups in total. The van der Waals surface area contributed by atoms with Crippen LogP contribution in [0.5, 0.6) is 0 Å². The molecule has 2 atom stereocenters. The summed E-state index contributed by atoms with van der Waals surface area (Å²) in [5, 5.41) is 2.77. The van der Waals surface area contributed by atoms with Crippen LogP contribution in [0.25, 0.3) is 0 Å². The molecule has 1 amide bonds. The molecular formula is C19H22N2O4S. The van der Waals surface area contributed by atoms with E-state index < -0.39 is 10.0 Å². The number of anilines is 1. The molecule has 26 heavy (non-hydrogen) atoms. The molecule has 4 rings (SSSR count). The summed E-state index contributed by atoms with van der Waals surface area (Å²) in [6.45, 7) is 2.37. The summed E-state index contributed by atoms with van der Waals surface area (Å²) in [4.78, 5) is 11.7. The highest BCUT2D eigenvalue weighted by Gasteiger charge is 2.36. The van der Waals surface area contributed by atoms with Gasteiger partial charge in [0.2, 0.25) is 15.9 Å². The van der Waals surface area contributed by atoms with Crippen molar-refractivity contribution in [1.82, 2.24) is 4.31 Å². The summed E-state index contributed by atoms with van der Waals surface area (Å²) >= 11 is 0. The Bertz CT molecular complexity index is 964. The predicted molar refractivity (Wildman–Crippen MR) is 97.3 cm³/mol. The lowest BCUT2D eigenvalue weighted by molar-refractivity contribution is -0.116. The second-order valence-corrected chi connectivity index (χ2v) is 9.30. The average molecular weight is 374 g/mol. The number of hydrogen-bond donors (Lipinski definition) is 1. The zero-order valence-corrected chi connectivity index (χ0v) is 15.7. The molecule has 1 saturated carbocycles. The fourth-order valence-electron chi connectivity index (χ4n) is 3.40. The van der Waals surface area contributed by atoms with Gasteiger partial charge < -0.3 is 9.73 Å². The third-order valence-corrected chi connectivity index (χ3v) is 7.02. The van der Waals surface area contributed by atoms with Crippen LogP contribution < -0.4 is 5.32 Å². The van der Waals surface area contributed by atoms with Gasteiger partial charge in [0.05, 0.1) is 11.4 Å². The van der Waals surface area contributed by atoms with E-state index in [0.717, 1.165) is 17.7 Å². The summed E-state index contributed by atoms with van der Waals surface area (Å²) in [5.41, 5.74) is 1.54. The zero-order valence-electron chi connectivity index (χ0n) is 14.9. The van der Waals surface area contributed by atoms with Crippen LogP contribution >= 0.6 is 0 Å². The predicted octanol–water partition coefficient (Wildman–Crippen LogP) is 3.11. The fourth-order valence-corrected chi connectivity index (χ4v) is 4.59. The Morgan fingerprint density at radius 1 is 1.23 bits per heavy atom. The van der Waals surface area contributed by atoms with Crippen molar-refractivity contribution in [2.75, 3.05) is 12.4 Å². The summed E-state index contributed by atoms with van der Waals surface area (Å²) in [5.74, 6) is 2.68. The van der Waals surface area contributed by atoms with Crippen LogP contribution in [-0.4, -0.2) is 25.7 Å². The summed E-state index contributed by atoms with van der Waals surface area (Å²) in [6, 6.07) is 8.66. The van der Waals surface area contributed by atoms with Crippen molar-refractivity contribution in [3.8, 4) is 0 Å². The number of fused-ring (bicyclic) bond motifs is 1. The SMILES string of the molecule is C[C@H]1C[C@H]1c1ccc(CN(C)S(=O)(=O)c2ccc3c(c2)CCC(=O)N3)o1. The molecule has 1 aromatic heterocycles. The fraction of sp³-hybridized carbons (Fsp3) is 0.421. The highest BCUT2D eigenvalue weighted by Crippen LogP contribution is 2.47. The van der Waals surface area contributed by atoms with Crippen molar-refractivity contribution < 1.29 is 17.6 Å². The number of amides is 1. The third-order valence-electron chi connectivity index (χ3n) is 5.22. The maximum absolute atomic E-state index is 12.9. The Morgan fingerprint density at radius 3 is 2.73 bits per heavy atom. The molecule has 1 fully saturated rings. The number of carbonyl (C=O) groups excluding carboxylic acids is 1. The minimum absolute atomic E-state index is 0.0381. The quantitative estimate of drug-likeness (QED) is 0.872. The van der Waals surface area contributed by atoms with Gasteiger partial charge in [-0.25, -0.2) is 8.42 Å². The molecule has 1 aliphatic heterocycles. The molecule has 2 aromatic rings. The van der Waals surface area contributed by atoms with Gasteiger partial charge in [0.25, 0.3) is 0 Å². The molecular weight excluding hydrogens is 352 g/mol. The molecule has 2 aliphatic rings. The number of benzene rings is 1. The number of rotatable bonds is 5. The van der Waals surface area contributed by atoms with Crippen LogP contribution in [0.15, 0.2) is 39.6 Å². The number of furan rings is 1. The molecule has 0 radical (unpaired) electrons. The lowest BCUT2D eigenvalue weighted by Crippen LogP contribution is -2.27. The average Bonchev–Trinajstić information content (AvgIpc) is 3.15. The Morgan fingerprint density at radius 2 is 2.00 bits per heavy atom. The highest BCUT2D eigenvalue weighted by molar-refractivity contribution is 7.89. The van der Waals surface area contributed by atoms with E-state index in [4.69, 9.17) is 4.42 Å². The largest absolute Gasteiger partial charge is 0.464 e. The van der Waals surface area contributed by atoms with Crippen LogP contribution in [0.1, 0.15) is 42.8 Å². The summed E-state index contributed by atoms with van der Waals surface area (Å²) in [6.07, 6.45) is 2.06. The van der Waals surface area contributed by atoms with Gasteiger partial charge in [-0.3, -0.25) is 4.79 Å². The van der Waals surface area contributed by atoms with E-state index in [1.165, 1.54) is 10.4 Å². The van der Waals surface area contributed by atoms with Crippen molar-refractivity contribution in [3.63, 3.8) is 0 Å². The van der Waals surface area contributed by atoms with E-state index in [2.05, 4.69) is 12.2 Å². The van der Waals surface area contributed by atoms with Crippen LogP contribution in [0.2, 0.25) is 0 Å². The van der Waals surface area contributed by atoms with Gasteiger partial charge in [0.15, 0.2) is 0 Å². The summed E-state index contributed by atoms with van der Waals surface area (Å²) < 4.78 is 32.9. The van der Waals surface area contributed by atoms with Crippen molar-refractivity contribution >= 4 is 21.6 Å². The normalized spacial score (nSPS) is 22.2. The molecule has 1 aromatic carbocycles. The van der Waals surface area contributed by atoms with Gasteiger partial charge >= 0.3 is 0 Å². The van der Waals surface area contributed by atoms with E-state index >= 15 is 0 Å². The molecule has 0 saturated heterocycles. The highest BCUT2D eigenvalue weighted by atomic mass is 32.2. The molecule has 0 bridgehead atoms. The molecule has 0 unspecified atom stereocenters. The monoisotopic (exact) mass is 374 g/mol. The number of nitrogens with zero attached hydrogens (tertiary/aromatic N) is 1. The lowest BCUT2D eigenvalue weighted by Gasteiger charge is -2.20. The van der Waals surface area contributed by atoms with Gasteiger partial charge in [-0.2, -0.15) is 4.31 Å². The molecule has 0 spiro atoms. The first-order valence-corrected chi connectivity index (χ1v) is 10.3. The first kappa shape index (κ1) is 17.3.